The lowest BCUT2D eigenvalue weighted by molar-refractivity contribution is 0.398. The average Bonchev–Trinajstić information content (AvgIpc) is 2.61. The molecule has 0 unspecified atom stereocenters. The molecule has 2 rings (SSSR count). The lowest BCUT2D eigenvalue weighted by atomic mass is 10.1. The van der Waals surface area contributed by atoms with Crippen molar-refractivity contribution < 1.29 is 17.3 Å². The Kier molecular flexibility index (Phi) is 2.97. The molecule has 0 radical (unpaired) electrons. The third kappa shape index (κ3) is 1.83. The molecular weight excluding hydrogens is 301 g/mol. The zero-order chi connectivity index (χ0) is 11.7. The highest BCUT2D eigenvalue weighted by molar-refractivity contribution is 9.10. The summed E-state index contributed by atoms with van der Waals surface area (Å²) in [5, 5.41) is 2.24. The largest absolute Gasteiger partial charge is 0.362 e. The van der Waals surface area contributed by atoms with Gasteiger partial charge in [-0.25, -0.2) is 5.16 Å². The van der Waals surface area contributed by atoms with Crippen LogP contribution in [0.2, 0.25) is 0 Å². The second-order valence-electron chi connectivity index (χ2n) is 2.90. The standard InChI is InChI=1S/C9H5BrFNO3S/c10-6-4-2-1-3-5(6)8-7(11)9(15-12-8)16(13)14/h1-4,12H. The van der Waals surface area contributed by atoms with E-state index in [0.717, 1.165) is 0 Å². The first-order chi connectivity index (χ1) is 7.61. The van der Waals surface area contributed by atoms with Gasteiger partial charge in [-0.05, 0) is 6.07 Å². The molecule has 84 valence electrons. The maximum atomic E-state index is 13.6. The number of hydrogen-bond donors (Lipinski definition) is 1. The molecule has 16 heavy (non-hydrogen) atoms. The van der Waals surface area contributed by atoms with E-state index in [0.29, 0.717) is 10.0 Å². The average molecular weight is 306 g/mol. The summed E-state index contributed by atoms with van der Waals surface area (Å²) in [7, 11) is -2.74. The number of rotatable bonds is 1. The smallest absolute Gasteiger partial charge is 0.311 e. The monoisotopic (exact) mass is 305 g/mol. The second kappa shape index (κ2) is 4.26. The van der Waals surface area contributed by atoms with Gasteiger partial charge >= 0.3 is 4.71 Å². The molecule has 7 heteroatoms. The van der Waals surface area contributed by atoms with Crippen LogP contribution in [0.15, 0.2) is 33.3 Å². The van der Waals surface area contributed by atoms with E-state index in [1.54, 1.807) is 24.3 Å². The minimum absolute atomic E-state index is 0.00771. The van der Waals surface area contributed by atoms with Crippen LogP contribution in [-0.2, 0) is 10.3 Å². The van der Waals surface area contributed by atoms with Crippen LogP contribution in [0.1, 0.15) is 0 Å². The predicted octanol–water partition coefficient (Wildman–Crippen LogP) is 2.59. The van der Waals surface area contributed by atoms with Gasteiger partial charge in [-0.3, -0.25) is 0 Å². The van der Waals surface area contributed by atoms with Crippen molar-refractivity contribution in [2.45, 2.75) is 0 Å². The van der Waals surface area contributed by atoms with Crippen LogP contribution in [0.3, 0.4) is 0 Å². The molecule has 1 aromatic carbocycles. The highest BCUT2D eigenvalue weighted by Crippen LogP contribution is 2.28. The van der Waals surface area contributed by atoms with Gasteiger partial charge in [-0.1, -0.05) is 34.1 Å². The third-order valence-corrected chi connectivity index (χ3v) is 3.20. The summed E-state index contributed by atoms with van der Waals surface area (Å²) in [4.78, 5) is 0. The summed E-state index contributed by atoms with van der Waals surface area (Å²) in [5.41, 5.74) is 0.479. The van der Waals surface area contributed by atoms with Gasteiger partial charge in [0, 0.05) is 10.0 Å². The number of hydrogen-bond acceptors (Lipinski definition) is 3. The second-order valence-corrected chi connectivity index (χ2v) is 4.59. The van der Waals surface area contributed by atoms with Crippen molar-refractivity contribution in [2.24, 2.45) is 0 Å². The summed E-state index contributed by atoms with van der Waals surface area (Å²) in [6, 6.07) is 6.81. The van der Waals surface area contributed by atoms with Crippen molar-refractivity contribution >= 4 is 26.2 Å². The zero-order valence-electron chi connectivity index (χ0n) is 7.70. The van der Waals surface area contributed by atoms with Gasteiger partial charge in [0.25, 0.3) is 10.3 Å². The number of aromatic amines is 1. The summed E-state index contributed by atoms with van der Waals surface area (Å²) in [5.74, 6) is -0.930. The molecule has 0 aliphatic heterocycles. The summed E-state index contributed by atoms with van der Waals surface area (Å²) in [6.07, 6.45) is 0. The van der Waals surface area contributed by atoms with Crippen LogP contribution in [0.5, 0.6) is 0 Å². The van der Waals surface area contributed by atoms with Gasteiger partial charge < -0.3 is 4.52 Å². The lowest BCUT2D eigenvalue weighted by Gasteiger charge is -1.99. The molecular formula is C9H5BrFNO3S. The van der Waals surface area contributed by atoms with Crippen LogP contribution in [0.4, 0.5) is 4.39 Å². The number of H-pyrrole nitrogens is 1. The molecule has 0 atom stereocenters. The van der Waals surface area contributed by atoms with Crippen molar-refractivity contribution in [1.82, 2.24) is 5.16 Å². The molecule has 0 spiro atoms. The maximum Gasteiger partial charge on any atom is 0.311 e. The Morgan fingerprint density at radius 3 is 2.56 bits per heavy atom. The van der Waals surface area contributed by atoms with Crippen LogP contribution in [0.25, 0.3) is 11.3 Å². The highest BCUT2D eigenvalue weighted by Gasteiger charge is 2.14. The van der Waals surface area contributed by atoms with Crippen molar-refractivity contribution in [3.05, 3.63) is 39.3 Å². The minimum Gasteiger partial charge on any atom is -0.362 e. The fraction of sp³-hybridized carbons (Fsp3) is 0. The Bertz CT molecular complexity index is 694. The molecule has 1 N–H and O–H groups in total. The first-order valence-electron chi connectivity index (χ1n) is 4.15. The molecule has 0 aliphatic carbocycles. The molecule has 0 fully saturated rings. The molecule has 0 amide bonds. The molecule has 2 aromatic rings. The molecule has 0 saturated heterocycles. The Morgan fingerprint density at radius 2 is 2.00 bits per heavy atom. The molecule has 1 heterocycles. The van der Waals surface area contributed by atoms with Crippen LogP contribution in [0, 0.1) is 10.5 Å². The van der Waals surface area contributed by atoms with Gasteiger partial charge in [0.15, 0.2) is 0 Å². The van der Waals surface area contributed by atoms with Gasteiger partial charge in [0.05, 0.1) is 0 Å². The van der Waals surface area contributed by atoms with Crippen molar-refractivity contribution in [2.75, 3.05) is 0 Å². The van der Waals surface area contributed by atoms with Gasteiger partial charge in [-0.2, -0.15) is 12.8 Å². The van der Waals surface area contributed by atoms with E-state index >= 15 is 0 Å². The fourth-order valence-electron chi connectivity index (χ4n) is 1.23. The van der Waals surface area contributed by atoms with Crippen molar-refractivity contribution in [3.8, 4) is 11.3 Å². The molecule has 0 bridgehead atoms. The molecule has 0 aliphatic rings. The number of benzene rings is 1. The number of aromatic nitrogens is 1. The lowest BCUT2D eigenvalue weighted by Crippen LogP contribution is -1.83. The van der Waals surface area contributed by atoms with Gasteiger partial charge in [-0.15, -0.1) is 0 Å². The topological polar surface area (TPSA) is 63.1 Å². The summed E-state index contributed by atoms with van der Waals surface area (Å²) < 4.78 is 39.2. The van der Waals surface area contributed by atoms with E-state index < -0.39 is 20.8 Å². The van der Waals surface area contributed by atoms with Crippen LogP contribution in [-0.4, -0.2) is 13.6 Å². The number of halogens is 2. The van der Waals surface area contributed by atoms with E-state index in [9.17, 15) is 12.8 Å². The first-order valence-corrected chi connectivity index (χ1v) is 6.02. The Hall–Kier alpha value is -1.34. The quantitative estimate of drug-likeness (QED) is 0.824. The van der Waals surface area contributed by atoms with E-state index in [4.69, 9.17) is 0 Å². The van der Waals surface area contributed by atoms with Gasteiger partial charge in [0.2, 0.25) is 5.82 Å². The Balaban J connectivity index is 2.78. The zero-order valence-corrected chi connectivity index (χ0v) is 10.1. The van der Waals surface area contributed by atoms with E-state index in [1.165, 1.54) is 0 Å². The Morgan fingerprint density at radius 1 is 1.31 bits per heavy atom. The fourth-order valence-corrected chi connectivity index (χ4v) is 2.07. The van der Waals surface area contributed by atoms with E-state index in [1.807, 2.05) is 0 Å². The number of nitrogens with one attached hydrogen (secondary N) is 1. The SMILES string of the molecule is O=S(=O)=c1o[nH]c(-c2ccccc2Br)c1F. The summed E-state index contributed by atoms with van der Waals surface area (Å²) in [6.45, 7) is 0. The molecule has 4 nitrogen and oxygen atoms in total. The normalized spacial score (nSPS) is 10.4. The summed E-state index contributed by atoms with van der Waals surface area (Å²) >= 11 is 3.23. The Labute approximate surface area is 99.3 Å². The predicted molar refractivity (Wildman–Crippen MR) is 58.3 cm³/mol. The van der Waals surface area contributed by atoms with E-state index in [2.05, 4.69) is 25.6 Å². The highest BCUT2D eigenvalue weighted by atomic mass is 79.9. The van der Waals surface area contributed by atoms with E-state index in [-0.39, 0.29) is 5.69 Å². The molecule has 0 saturated carbocycles. The third-order valence-electron chi connectivity index (χ3n) is 1.94. The van der Waals surface area contributed by atoms with Gasteiger partial charge in [0.1, 0.15) is 5.69 Å². The molecule has 1 aromatic heterocycles. The van der Waals surface area contributed by atoms with Crippen LogP contribution >= 0.6 is 15.9 Å². The maximum absolute atomic E-state index is 13.6. The van der Waals surface area contributed by atoms with Crippen molar-refractivity contribution in [1.29, 1.82) is 0 Å². The first kappa shape index (κ1) is 11.2. The minimum atomic E-state index is -2.74. The van der Waals surface area contributed by atoms with Crippen molar-refractivity contribution in [3.63, 3.8) is 0 Å². The van der Waals surface area contributed by atoms with Crippen LogP contribution < -0.4 is 0 Å².